The predicted octanol–water partition coefficient (Wildman–Crippen LogP) is 1.50. The van der Waals surface area contributed by atoms with E-state index in [-0.39, 0.29) is 29.9 Å². The van der Waals surface area contributed by atoms with Crippen molar-refractivity contribution in [2.24, 2.45) is 0 Å². The van der Waals surface area contributed by atoms with Gasteiger partial charge >= 0.3 is 6.03 Å². The largest absolute Gasteiger partial charge is 0.350 e. The Balaban J connectivity index is 2.13. The number of amides is 4. The molecule has 0 aromatic carbocycles. The lowest BCUT2D eigenvalue weighted by molar-refractivity contribution is -0.137. The number of carbonyl (C=O) groups excluding carboxylic acids is 3. The lowest BCUT2D eigenvalue weighted by atomic mass is 9.81. The topological polar surface area (TPSA) is 69.7 Å². The highest BCUT2D eigenvalue weighted by atomic mass is 16.2. The summed E-state index contributed by atoms with van der Waals surface area (Å²) in [6.07, 6.45) is 4.40. The van der Waals surface area contributed by atoms with Crippen molar-refractivity contribution in [3.05, 3.63) is 0 Å². The lowest BCUT2D eigenvalue weighted by Gasteiger charge is -2.35. The Hall–Kier alpha value is -1.59. The van der Waals surface area contributed by atoms with E-state index in [1.165, 1.54) is 0 Å². The first-order chi connectivity index (χ1) is 9.67. The molecular weight excluding hydrogens is 270 g/mol. The number of hydrogen-bond acceptors (Lipinski definition) is 3. The van der Waals surface area contributed by atoms with Crippen LogP contribution in [0.3, 0.4) is 0 Å². The number of carbonyl (C=O) groups is 3. The standard InChI is InChI=1S/C15H25N3O3/c1-14(2,3)16-11(19)10-18-12(20)15(17(4)13(18)21)8-6-5-7-9-15/h5-10H2,1-4H3,(H,16,19). The minimum Gasteiger partial charge on any atom is -0.350 e. The molecule has 21 heavy (non-hydrogen) atoms. The van der Waals surface area contributed by atoms with Gasteiger partial charge in [0.05, 0.1) is 0 Å². The van der Waals surface area contributed by atoms with E-state index in [0.29, 0.717) is 12.8 Å². The van der Waals surface area contributed by atoms with Crippen LogP contribution in [0.1, 0.15) is 52.9 Å². The zero-order valence-electron chi connectivity index (χ0n) is 13.4. The molecule has 1 aliphatic carbocycles. The van der Waals surface area contributed by atoms with Crippen LogP contribution in [0.25, 0.3) is 0 Å². The van der Waals surface area contributed by atoms with Crippen LogP contribution >= 0.6 is 0 Å². The van der Waals surface area contributed by atoms with Crippen molar-refractivity contribution in [3.63, 3.8) is 0 Å². The first kappa shape index (κ1) is 15.8. The molecule has 1 aliphatic heterocycles. The van der Waals surface area contributed by atoms with Crippen molar-refractivity contribution >= 4 is 17.8 Å². The summed E-state index contributed by atoms with van der Waals surface area (Å²) in [5, 5.41) is 2.79. The van der Waals surface area contributed by atoms with E-state index in [1.807, 2.05) is 20.8 Å². The zero-order valence-corrected chi connectivity index (χ0v) is 13.4. The second kappa shape index (κ2) is 5.31. The molecule has 1 saturated heterocycles. The molecule has 1 N–H and O–H groups in total. The molecule has 6 heteroatoms. The van der Waals surface area contributed by atoms with E-state index in [4.69, 9.17) is 0 Å². The number of imide groups is 1. The summed E-state index contributed by atoms with van der Waals surface area (Å²) in [6.45, 7) is 5.41. The summed E-state index contributed by atoms with van der Waals surface area (Å²) >= 11 is 0. The first-order valence-electron chi connectivity index (χ1n) is 7.58. The molecule has 0 aromatic rings. The van der Waals surface area contributed by atoms with Gasteiger partial charge in [-0.2, -0.15) is 0 Å². The van der Waals surface area contributed by atoms with Gasteiger partial charge in [-0.05, 0) is 33.6 Å². The second-order valence-corrected chi connectivity index (χ2v) is 7.12. The van der Waals surface area contributed by atoms with Gasteiger partial charge in [0.1, 0.15) is 12.1 Å². The van der Waals surface area contributed by atoms with Crippen LogP contribution < -0.4 is 5.32 Å². The third-order valence-corrected chi connectivity index (χ3v) is 4.30. The first-order valence-corrected chi connectivity index (χ1v) is 7.58. The van der Waals surface area contributed by atoms with Gasteiger partial charge in [-0.3, -0.25) is 14.5 Å². The molecule has 4 amide bonds. The highest BCUT2D eigenvalue weighted by Crippen LogP contribution is 2.39. The number of rotatable bonds is 2. The van der Waals surface area contributed by atoms with Gasteiger partial charge in [0.15, 0.2) is 0 Å². The van der Waals surface area contributed by atoms with Gasteiger partial charge in [-0.1, -0.05) is 19.3 Å². The molecule has 0 radical (unpaired) electrons. The average Bonchev–Trinajstić information content (AvgIpc) is 2.54. The van der Waals surface area contributed by atoms with Crippen LogP contribution in [0, 0.1) is 0 Å². The maximum absolute atomic E-state index is 12.7. The van der Waals surface area contributed by atoms with Crippen molar-refractivity contribution in [3.8, 4) is 0 Å². The number of likely N-dealkylation sites (N-methyl/N-ethyl adjacent to an activating group) is 1. The van der Waals surface area contributed by atoms with E-state index in [9.17, 15) is 14.4 Å². The van der Waals surface area contributed by atoms with Crippen LogP contribution in [0.5, 0.6) is 0 Å². The highest BCUT2D eigenvalue weighted by Gasteiger charge is 2.55. The van der Waals surface area contributed by atoms with Crippen molar-refractivity contribution in [2.45, 2.75) is 64.0 Å². The summed E-state index contributed by atoms with van der Waals surface area (Å²) in [7, 11) is 1.67. The van der Waals surface area contributed by atoms with Crippen LogP contribution in [-0.4, -0.2) is 52.3 Å². The fourth-order valence-electron chi connectivity index (χ4n) is 3.27. The third kappa shape index (κ3) is 2.89. The molecule has 6 nitrogen and oxygen atoms in total. The molecule has 2 rings (SSSR count). The normalized spacial score (nSPS) is 22.1. The molecule has 1 saturated carbocycles. The summed E-state index contributed by atoms with van der Waals surface area (Å²) in [5.74, 6) is -0.510. The molecule has 1 spiro atoms. The molecular formula is C15H25N3O3. The monoisotopic (exact) mass is 295 g/mol. The van der Waals surface area contributed by atoms with Crippen molar-refractivity contribution < 1.29 is 14.4 Å². The smallest absolute Gasteiger partial charge is 0.327 e. The predicted molar refractivity (Wildman–Crippen MR) is 78.6 cm³/mol. The maximum Gasteiger partial charge on any atom is 0.327 e. The van der Waals surface area contributed by atoms with Crippen LogP contribution in [0.15, 0.2) is 0 Å². The van der Waals surface area contributed by atoms with E-state index in [2.05, 4.69) is 5.32 Å². The number of urea groups is 1. The molecule has 2 fully saturated rings. The zero-order chi connectivity index (χ0) is 15.8. The van der Waals surface area contributed by atoms with Gasteiger partial charge < -0.3 is 10.2 Å². The lowest BCUT2D eigenvalue weighted by Crippen LogP contribution is -2.50. The van der Waals surface area contributed by atoms with Crippen molar-refractivity contribution in [2.75, 3.05) is 13.6 Å². The Morgan fingerprint density at radius 1 is 1.19 bits per heavy atom. The number of nitrogens with one attached hydrogen (secondary N) is 1. The van der Waals surface area contributed by atoms with Gasteiger partial charge in [-0.15, -0.1) is 0 Å². The minimum atomic E-state index is -0.711. The molecule has 0 aromatic heterocycles. The van der Waals surface area contributed by atoms with E-state index in [0.717, 1.165) is 24.2 Å². The van der Waals surface area contributed by atoms with Crippen LogP contribution in [0.2, 0.25) is 0 Å². The minimum absolute atomic E-state index is 0.193. The average molecular weight is 295 g/mol. The number of hydrogen-bond donors (Lipinski definition) is 1. The Kier molecular flexibility index (Phi) is 4.00. The number of nitrogens with zero attached hydrogens (tertiary/aromatic N) is 2. The van der Waals surface area contributed by atoms with Crippen molar-refractivity contribution in [1.29, 1.82) is 0 Å². The summed E-state index contributed by atoms with van der Waals surface area (Å²) in [5.41, 5.74) is -1.09. The van der Waals surface area contributed by atoms with E-state index in [1.54, 1.807) is 11.9 Å². The quantitative estimate of drug-likeness (QED) is 0.785. The fourth-order valence-corrected chi connectivity index (χ4v) is 3.27. The molecule has 1 heterocycles. The molecule has 0 bridgehead atoms. The maximum atomic E-state index is 12.7. The van der Waals surface area contributed by atoms with E-state index < -0.39 is 5.54 Å². The fraction of sp³-hybridized carbons (Fsp3) is 0.800. The van der Waals surface area contributed by atoms with Gasteiger partial charge in [0.25, 0.3) is 5.91 Å². The van der Waals surface area contributed by atoms with Crippen LogP contribution in [-0.2, 0) is 9.59 Å². The summed E-state index contributed by atoms with van der Waals surface area (Å²) < 4.78 is 0. The van der Waals surface area contributed by atoms with Crippen LogP contribution in [0.4, 0.5) is 4.79 Å². The molecule has 0 unspecified atom stereocenters. The molecule has 0 atom stereocenters. The van der Waals surface area contributed by atoms with Gasteiger partial charge in [0.2, 0.25) is 5.91 Å². The van der Waals surface area contributed by atoms with Crippen molar-refractivity contribution in [1.82, 2.24) is 15.1 Å². The Morgan fingerprint density at radius 2 is 1.76 bits per heavy atom. The molecule has 2 aliphatic rings. The Labute approximate surface area is 125 Å². The Bertz CT molecular complexity index is 461. The summed E-state index contributed by atoms with van der Waals surface area (Å²) in [4.78, 5) is 39.7. The van der Waals surface area contributed by atoms with Gasteiger partial charge in [0, 0.05) is 12.6 Å². The highest BCUT2D eigenvalue weighted by molar-refractivity contribution is 6.08. The Morgan fingerprint density at radius 3 is 2.29 bits per heavy atom. The SMILES string of the molecule is CN1C(=O)N(CC(=O)NC(C)(C)C)C(=O)C12CCCCC2. The molecule has 118 valence electrons. The van der Waals surface area contributed by atoms with Gasteiger partial charge in [-0.25, -0.2) is 4.79 Å². The summed E-state index contributed by atoms with van der Waals surface area (Å²) in [6, 6.07) is -0.356. The second-order valence-electron chi connectivity index (χ2n) is 7.12. The third-order valence-electron chi connectivity index (χ3n) is 4.30. The van der Waals surface area contributed by atoms with E-state index >= 15 is 0 Å².